The molecule has 1 saturated heterocycles. The van der Waals surface area contributed by atoms with Crippen molar-refractivity contribution in [3.05, 3.63) is 18.3 Å². The summed E-state index contributed by atoms with van der Waals surface area (Å²) < 4.78 is 26.9. The smallest absolute Gasteiger partial charge is 0.260 e. The van der Waals surface area contributed by atoms with Gasteiger partial charge in [0, 0.05) is 18.8 Å². The fourth-order valence-corrected chi connectivity index (χ4v) is 3.59. The van der Waals surface area contributed by atoms with Crippen LogP contribution < -0.4 is 10.5 Å². The van der Waals surface area contributed by atoms with Crippen LogP contribution in [0.25, 0.3) is 0 Å². The zero-order valence-electron chi connectivity index (χ0n) is 11.7. The number of nitrogen functional groups attached to an aromatic ring is 1. The third kappa shape index (κ3) is 3.68. The Bertz CT molecular complexity index is 541. The van der Waals surface area contributed by atoms with Gasteiger partial charge in [0.25, 0.3) is 10.0 Å². The minimum Gasteiger partial charge on any atom is -0.396 e. The molecule has 1 fully saturated rings. The van der Waals surface area contributed by atoms with E-state index < -0.39 is 10.0 Å². The van der Waals surface area contributed by atoms with Gasteiger partial charge in [-0.15, -0.1) is 0 Å². The van der Waals surface area contributed by atoms with Crippen LogP contribution in [-0.2, 0) is 10.0 Å². The van der Waals surface area contributed by atoms with E-state index in [0.29, 0.717) is 6.54 Å². The average molecular weight is 298 g/mol. The lowest BCUT2D eigenvalue weighted by Gasteiger charge is -2.32. The molecule has 0 bridgehead atoms. The summed E-state index contributed by atoms with van der Waals surface area (Å²) in [7, 11) is -3.64. The van der Waals surface area contributed by atoms with Crippen LogP contribution in [0.2, 0.25) is 0 Å². The number of hydrogen-bond acceptors (Lipinski definition) is 5. The number of anilines is 1. The van der Waals surface area contributed by atoms with E-state index >= 15 is 0 Å². The van der Waals surface area contributed by atoms with Gasteiger partial charge < -0.3 is 5.73 Å². The predicted molar refractivity (Wildman–Crippen MR) is 78.7 cm³/mol. The number of hydrogen-bond donors (Lipinski definition) is 2. The largest absolute Gasteiger partial charge is 0.396 e. The summed E-state index contributed by atoms with van der Waals surface area (Å²) in [6.07, 6.45) is 5.06. The molecule has 7 heteroatoms. The van der Waals surface area contributed by atoms with Gasteiger partial charge >= 0.3 is 0 Å². The first-order valence-corrected chi connectivity index (χ1v) is 8.43. The number of pyridine rings is 1. The van der Waals surface area contributed by atoms with Crippen molar-refractivity contribution in [2.75, 3.05) is 25.4 Å². The van der Waals surface area contributed by atoms with Crippen molar-refractivity contribution in [2.45, 2.75) is 37.3 Å². The van der Waals surface area contributed by atoms with Crippen molar-refractivity contribution in [2.24, 2.45) is 0 Å². The number of nitrogens with one attached hydrogen (secondary N) is 1. The van der Waals surface area contributed by atoms with Gasteiger partial charge in [0.05, 0.1) is 5.69 Å². The van der Waals surface area contributed by atoms with Crippen molar-refractivity contribution in [3.63, 3.8) is 0 Å². The molecule has 20 heavy (non-hydrogen) atoms. The van der Waals surface area contributed by atoms with Crippen LogP contribution in [-0.4, -0.2) is 44.0 Å². The van der Waals surface area contributed by atoms with Crippen molar-refractivity contribution in [1.82, 2.24) is 14.6 Å². The first-order chi connectivity index (χ1) is 9.50. The molecule has 1 unspecified atom stereocenters. The number of piperidine rings is 1. The number of nitrogens with zero attached hydrogens (tertiary/aromatic N) is 2. The molecule has 0 saturated carbocycles. The van der Waals surface area contributed by atoms with Gasteiger partial charge in [0.15, 0.2) is 5.03 Å². The molecule has 112 valence electrons. The first kappa shape index (κ1) is 15.2. The van der Waals surface area contributed by atoms with Crippen LogP contribution in [0.5, 0.6) is 0 Å². The maximum Gasteiger partial charge on any atom is 0.260 e. The second kappa shape index (κ2) is 6.51. The van der Waals surface area contributed by atoms with Crippen molar-refractivity contribution < 1.29 is 8.42 Å². The molecule has 2 rings (SSSR count). The van der Waals surface area contributed by atoms with E-state index in [1.165, 1.54) is 31.5 Å². The first-order valence-electron chi connectivity index (χ1n) is 6.95. The van der Waals surface area contributed by atoms with Gasteiger partial charge in [-0.1, -0.05) is 6.42 Å². The SMILES string of the molecule is CC(CNS(=O)(=O)c1ncccc1N)N1CCCCC1. The highest BCUT2D eigenvalue weighted by Gasteiger charge is 2.22. The summed E-state index contributed by atoms with van der Waals surface area (Å²) in [5.74, 6) is 0. The molecule has 0 amide bonds. The molecule has 1 aromatic rings. The second-order valence-electron chi connectivity index (χ2n) is 5.20. The third-order valence-corrected chi connectivity index (χ3v) is 5.03. The normalized spacial score (nSPS) is 18.9. The fraction of sp³-hybridized carbons (Fsp3) is 0.615. The van der Waals surface area contributed by atoms with Crippen molar-refractivity contribution >= 4 is 15.7 Å². The van der Waals surface area contributed by atoms with Crippen LogP contribution in [0.15, 0.2) is 23.4 Å². The Morgan fingerprint density at radius 3 is 2.75 bits per heavy atom. The van der Waals surface area contributed by atoms with Crippen molar-refractivity contribution in [3.8, 4) is 0 Å². The summed E-state index contributed by atoms with van der Waals surface area (Å²) in [6, 6.07) is 3.33. The fourth-order valence-electron chi connectivity index (χ4n) is 2.41. The zero-order chi connectivity index (χ0) is 14.6. The standard InChI is InChI=1S/C13H22N4O2S/c1-11(17-8-3-2-4-9-17)10-16-20(18,19)13-12(14)6-5-7-15-13/h5-7,11,16H,2-4,8-10,14H2,1H3. The Kier molecular flexibility index (Phi) is 4.95. The highest BCUT2D eigenvalue weighted by Crippen LogP contribution is 2.15. The molecule has 1 aromatic heterocycles. The monoisotopic (exact) mass is 298 g/mol. The summed E-state index contributed by atoms with van der Waals surface area (Å²) >= 11 is 0. The van der Waals surface area contributed by atoms with Gasteiger partial charge in [-0.3, -0.25) is 4.90 Å². The molecule has 2 heterocycles. The topological polar surface area (TPSA) is 88.3 Å². The van der Waals surface area contributed by atoms with E-state index in [0.717, 1.165) is 13.1 Å². The van der Waals surface area contributed by atoms with E-state index in [-0.39, 0.29) is 16.8 Å². The van der Waals surface area contributed by atoms with E-state index in [1.54, 1.807) is 6.07 Å². The molecule has 3 N–H and O–H groups in total. The molecule has 0 radical (unpaired) electrons. The molecule has 1 aliphatic heterocycles. The van der Waals surface area contributed by atoms with Gasteiger partial charge in [0.2, 0.25) is 0 Å². The van der Waals surface area contributed by atoms with Crippen LogP contribution in [0.1, 0.15) is 26.2 Å². The van der Waals surface area contributed by atoms with E-state index in [2.05, 4.69) is 14.6 Å². The molecule has 0 aliphatic carbocycles. The van der Waals surface area contributed by atoms with Gasteiger partial charge in [-0.05, 0) is 45.0 Å². The van der Waals surface area contributed by atoms with Crippen LogP contribution in [0, 0.1) is 0 Å². The summed E-state index contributed by atoms with van der Waals surface area (Å²) in [4.78, 5) is 6.16. The molecule has 0 spiro atoms. The van der Waals surface area contributed by atoms with Crippen LogP contribution in [0.3, 0.4) is 0 Å². The number of likely N-dealkylation sites (tertiary alicyclic amines) is 1. The van der Waals surface area contributed by atoms with Crippen LogP contribution >= 0.6 is 0 Å². The second-order valence-corrected chi connectivity index (χ2v) is 6.88. The zero-order valence-corrected chi connectivity index (χ0v) is 12.6. The predicted octanol–water partition coefficient (Wildman–Crippen LogP) is 0.816. The molecule has 1 atom stereocenters. The molecule has 1 aliphatic rings. The Morgan fingerprint density at radius 2 is 2.10 bits per heavy atom. The van der Waals surface area contributed by atoms with E-state index in [1.807, 2.05) is 6.92 Å². The lowest BCUT2D eigenvalue weighted by molar-refractivity contribution is 0.175. The maximum absolute atomic E-state index is 12.2. The summed E-state index contributed by atoms with van der Waals surface area (Å²) in [6.45, 7) is 4.48. The Hall–Kier alpha value is -1.18. The van der Waals surface area contributed by atoms with Gasteiger partial charge in [-0.25, -0.2) is 18.1 Å². The number of nitrogens with two attached hydrogens (primary N) is 1. The maximum atomic E-state index is 12.2. The van der Waals surface area contributed by atoms with Crippen molar-refractivity contribution in [1.29, 1.82) is 0 Å². The van der Waals surface area contributed by atoms with Gasteiger partial charge in [-0.2, -0.15) is 0 Å². The van der Waals surface area contributed by atoms with Crippen LogP contribution in [0.4, 0.5) is 5.69 Å². The number of rotatable bonds is 5. The average Bonchev–Trinajstić information content (AvgIpc) is 2.46. The lowest BCUT2D eigenvalue weighted by atomic mass is 10.1. The van der Waals surface area contributed by atoms with E-state index in [4.69, 9.17) is 5.73 Å². The number of aromatic nitrogens is 1. The Morgan fingerprint density at radius 1 is 1.40 bits per heavy atom. The summed E-state index contributed by atoms with van der Waals surface area (Å²) in [5, 5.41) is -0.0918. The minimum atomic E-state index is -3.64. The Labute approximate surface area is 120 Å². The molecular weight excluding hydrogens is 276 g/mol. The minimum absolute atomic E-state index is 0.0918. The highest BCUT2D eigenvalue weighted by atomic mass is 32.2. The quantitative estimate of drug-likeness (QED) is 0.840. The lowest BCUT2D eigenvalue weighted by Crippen LogP contribution is -2.44. The van der Waals surface area contributed by atoms with E-state index in [9.17, 15) is 8.42 Å². The highest BCUT2D eigenvalue weighted by molar-refractivity contribution is 7.89. The van der Waals surface area contributed by atoms with Gasteiger partial charge in [0.1, 0.15) is 0 Å². The Balaban J connectivity index is 1.97. The molecular formula is C13H22N4O2S. The molecule has 0 aromatic carbocycles. The number of sulfonamides is 1. The molecule has 6 nitrogen and oxygen atoms in total. The third-order valence-electron chi connectivity index (χ3n) is 3.64. The summed E-state index contributed by atoms with van der Waals surface area (Å²) in [5.41, 5.74) is 5.84.